The van der Waals surface area contributed by atoms with Crippen LogP contribution < -0.4 is 10.1 Å². The van der Waals surface area contributed by atoms with Crippen molar-refractivity contribution in [1.82, 2.24) is 5.32 Å². The molecule has 0 amide bonds. The quantitative estimate of drug-likeness (QED) is 0.821. The largest absolute Gasteiger partial charge is 0.494 e. The number of rotatable bonds is 6. The van der Waals surface area contributed by atoms with Gasteiger partial charge < -0.3 is 14.8 Å². The minimum atomic E-state index is 0.415. The van der Waals surface area contributed by atoms with Gasteiger partial charge in [0.15, 0.2) is 0 Å². The van der Waals surface area contributed by atoms with Crippen LogP contribution in [-0.4, -0.2) is 25.9 Å². The highest BCUT2D eigenvalue weighted by atomic mass is 16.5. The smallest absolute Gasteiger partial charge is 0.119 e. The van der Waals surface area contributed by atoms with E-state index >= 15 is 0 Å². The van der Waals surface area contributed by atoms with Crippen LogP contribution >= 0.6 is 0 Å². The standard InChI is InChI=1S/C14H21NO2/c1-2-16-13-7-5-12(6-8-13)10-15-11-14-4-3-9-17-14/h5-8,14-15H,2-4,9-11H2,1H3/t14-/m0/s1. The molecule has 1 aliphatic heterocycles. The molecule has 17 heavy (non-hydrogen) atoms. The van der Waals surface area contributed by atoms with Gasteiger partial charge in [0.2, 0.25) is 0 Å². The van der Waals surface area contributed by atoms with Gasteiger partial charge in [0.1, 0.15) is 5.75 Å². The predicted octanol–water partition coefficient (Wildman–Crippen LogP) is 2.35. The summed E-state index contributed by atoms with van der Waals surface area (Å²) in [6.07, 6.45) is 2.81. The van der Waals surface area contributed by atoms with E-state index in [2.05, 4.69) is 17.4 Å². The molecule has 1 aromatic carbocycles. The van der Waals surface area contributed by atoms with Crippen molar-refractivity contribution in [2.75, 3.05) is 19.8 Å². The van der Waals surface area contributed by atoms with Crippen LogP contribution in [0.1, 0.15) is 25.3 Å². The maximum Gasteiger partial charge on any atom is 0.119 e. The first-order valence-corrected chi connectivity index (χ1v) is 6.42. The van der Waals surface area contributed by atoms with Gasteiger partial charge in [-0.25, -0.2) is 0 Å². The zero-order chi connectivity index (χ0) is 11.9. The molecular formula is C14H21NO2. The molecular weight excluding hydrogens is 214 g/mol. The average molecular weight is 235 g/mol. The summed E-state index contributed by atoms with van der Waals surface area (Å²) in [6, 6.07) is 8.25. The molecule has 0 radical (unpaired) electrons. The third-order valence-electron chi connectivity index (χ3n) is 2.96. The summed E-state index contributed by atoms with van der Waals surface area (Å²) in [6.45, 7) is 5.49. The Labute approximate surface area is 103 Å². The van der Waals surface area contributed by atoms with Crippen molar-refractivity contribution >= 4 is 0 Å². The van der Waals surface area contributed by atoms with Gasteiger partial charge in [0.25, 0.3) is 0 Å². The molecule has 1 fully saturated rings. The fourth-order valence-corrected chi connectivity index (χ4v) is 2.05. The van der Waals surface area contributed by atoms with E-state index < -0.39 is 0 Å². The summed E-state index contributed by atoms with van der Waals surface area (Å²) in [7, 11) is 0. The number of nitrogens with one attached hydrogen (secondary N) is 1. The molecule has 0 aliphatic carbocycles. The Balaban J connectivity index is 1.70. The lowest BCUT2D eigenvalue weighted by Gasteiger charge is -2.11. The second kappa shape index (κ2) is 6.62. The summed E-state index contributed by atoms with van der Waals surface area (Å²) in [4.78, 5) is 0. The molecule has 1 aromatic rings. The van der Waals surface area contributed by atoms with E-state index in [1.54, 1.807) is 0 Å². The van der Waals surface area contributed by atoms with Crippen molar-refractivity contribution in [2.24, 2.45) is 0 Å². The Bertz CT molecular complexity index is 317. The van der Waals surface area contributed by atoms with Crippen LogP contribution in [0.25, 0.3) is 0 Å². The molecule has 0 spiro atoms. The highest BCUT2D eigenvalue weighted by Gasteiger charge is 2.14. The van der Waals surface area contributed by atoms with Crippen LogP contribution in [0.5, 0.6) is 5.75 Å². The zero-order valence-electron chi connectivity index (χ0n) is 10.4. The topological polar surface area (TPSA) is 30.5 Å². The number of hydrogen-bond acceptors (Lipinski definition) is 3. The van der Waals surface area contributed by atoms with Crippen LogP contribution in [0.15, 0.2) is 24.3 Å². The minimum Gasteiger partial charge on any atom is -0.494 e. The summed E-state index contributed by atoms with van der Waals surface area (Å²) in [5, 5.41) is 3.43. The molecule has 3 heteroatoms. The second-order valence-electron chi connectivity index (χ2n) is 4.34. The number of ether oxygens (including phenoxy) is 2. The van der Waals surface area contributed by atoms with E-state index in [1.165, 1.54) is 18.4 Å². The van der Waals surface area contributed by atoms with Crippen molar-refractivity contribution in [2.45, 2.75) is 32.4 Å². The third-order valence-corrected chi connectivity index (χ3v) is 2.96. The molecule has 0 aromatic heterocycles. The van der Waals surface area contributed by atoms with Gasteiger partial charge in [0, 0.05) is 19.7 Å². The summed E-state index contributed by atoms with van der Waals surface area (Å²) in [5.41, 5.74) is 1.28. The Morgan fingerprint density at radius 3 is 2.82 bits per heavy atom. The molecule has 1 saturated heterocycles. The maximum absolute atomic E-state index is 5.56. The van der Waals surface area contributed by atoms with E-state index in [4.69, 9.17) is 9.47 Å². The van der Waals surface area contributed by atoms with Crippen molar-refractivity contribution < 1.29 is 9.47 Å². The van der Waals surface area contributed by atoms with Crippen LogP contribution in [0, 0.1) is 0 Å². The van der Waals surface area contributed by atoms with Crippen molar-refractivity contribution in [3.63, 3.8) is 0 Å². The van der Waals surface area contributed by atoms with Gasteiger partial charge in [-0.15, -0.1) is 0 Å². The Kier molecular flexibility index (Phi) is 4.83. The lowest BCUT2D eigenvalue weighted by Crippen LogP contribution is -2.25. The lowest BCUT2D eigenvalue weighted by atomic mass is 10.2. The SMILES string of the molecule is CCOc1ccc(CNC[C@@H]2CCCO2)cc1. The van der Waals surface area contributed by atoms with E-state index in [1.807, 2.05) is 19.1 Å². The first kappa shape index (κ1) is 12.4. The van der Waals surface area contributed by atoms with Crippen molar-refractivity contribution in [3.8, 4) is 5.75 Å². The Hall–Kier alpha value is -1.06. The molecule has 94 valence electrons. The minimum absolute atomic E-state index is 0.415. The number of hydrogen-bond donors (Lipinski definition) is 1. The van der Waals surface area contributed by atoms with Gasteiger partial charge in [-0.2, -0.15) is 0 Å². The lowest BCUT2D eigenvalue weighted by molar-refractivity contribution is 0.110. The monoisotopic (exact) mass is 235 g/mol. The maximum atomic E-state index is 5.56. The Morgan fingerprint density at radius 1 is 1.35 bits per heavy atom. The molecule has 1 aliphatic rings. The highest BCUT2D eigenvalue weighted by molar-refractivity contribution is 5.27. The van der Waals surface area contributed by atoms with Gasteiger partial charge in [0.05, 0.1) is 12.7 Å². The average Bonchev–Trinajstić information content (AvgIpc) is 2.85. The summed E-state index contributed by atoms with van der Waals surface area (Å²) < 4.78 is 11.0. The van der Waals surface area contributed by atoms with Crippen LogP contribution in [0.2, 0.25) is 0 Å². The van der Waals surface area contributed by atoms with Crippen LogP contribution in [-0.2, 0) is 11.3 Å². The van der Waals surface area contributed by atoms with E-state index in [0.717, 1.165) is 32.1 Å². The predicted molar refractivity (Wildman–Crippen MR) is 68.3 cm³/mol. The van der Waals surface area contributed by atoms with Gasteiger partial charge >= 0.3 is 0 Å². The van der Waals surface area contributed by atoms with E-state index in [-0.39, 0.29) is 0 Å². The molecule has 1 N–H and O–H groups in total. The van der Waals surface area contributed by atoms with Crippen LogP contribution in [0.3, 0.4) is 0 Å². The van der Waals surface area contributed by atoms with Gasteiger partial charge in [-0.1, -0.05) is 12.1 Å². The molecule has 0 bridgehead atoms. The van der Waals surface area contributed by atoms with Gasteiger partial charge in [-0.05, 0) is 37.5 Å². The van der Waals surface area contributed by atoms with E-state index in [9.17, 15) is 0 Å². The van der Waals surface area contributed by atoms with Crippen molar-refractivity contribution in [1.29, 1.82) is 0 Å². The molecule has 2 rings (SSSR count). The first-order chi connectivity index (χ1) is 8.38. The fourth-order valence-electron chi connectivity index (χ4n) is 2.05. The van der Waals surface area contributed by atoms with Crippen LogP contribution in [0.4, 0.5) is 0 Å². The van der Waals surface area contributed by atoms with Crippen molar-refractivity contribution in [3.05, 3.63) is 29.8 Å². The first-order valence-electron chi connectivity index (χ1n) is 6.42. The number of benzene rings is 1. The van der Waals surface area contributed by atoms with E-state index in [0.29, 0.717) is 6.10 Å². The summed E-state index contributed by atoms with van der Waals surface area (Å²) >= 11 is 0. The zero-order valence-corrected chi connectivity index (χ0v) is 10.4. The molecule has 3 nitrogen and oxygen atoms in total. The second-order valence-corrected chi connectivity index (χ2v) is 4.34. The molecule has 0 saturated carbocycles. The Morgan fingerprint density at radius 2 is 2.18 bits per heavy atom. The molecule has 0 unspecified atom stereocenters. The fraction of sp³-hybridized carbons (Fsp3) is 0.571. The van der Waals surface area contributed by atoms with Gasteiger partial charge in [-0.3, -0.25) is 0 Å². The molecule has 1 atom stereocenters. The summed E-state index contributed by atoms with van der Waals surface area (Å²) in [5.74, 6) is 0.940. The third kappa shape index (κ3) is 4.02. The highest BCUT2D eigenvalue weighted by Crippen LogP contribution is 2.13. The molecule has 1 heterocycles. The normalized spacial score (nSPS) is 19.5.